The monoisotopic (exact) mass is 283 g/mol. The van der Waals surface area contributed by atoms with Gasteiger partial charge in [-0.25, -0.2) is 4.98 Å². The summed E-state index contributed by atoms with van der Waals surface area (Å²) in [5.74, 6) is -0.0585. The van der Waals surface area contributed by atoms with Crippen molar-refractivity contribution in [3.63, 3.8) is 0 Å². The number of alkyl halides is 3. The van der Waals surface area contributed by atoms with Crippen LogP contribution in [0.15, 0.2) is 42.9 Å². The standard InChI is InChI=1S/C13H12F3N3O/c14-13(15,16)9-20-12-2-1-11(8-19-12)18-7-10-3-5-17-6-4-10/h1-6,8,18H,7,9H2. The van der Waals surface area contributed by atoms with Gasteiger partial charge in [0.25, 0.3) is 0 Å². The summed E-state index contributed by atoms with van der Waals surface area (Å²) in [5, 5.41) is 3.09. The molecule has 0 aromatic carbocycles. The summed E-state index contributed by atoms with van der Waals surface area (Å²) in [5.41, 5.74) is 1.73. The lowest BCUT2D eigenvalue weighted by Crippen LogP contribution is -2.19. The fourth-order valence-electron chi connectivity index (χ4n) is 1.43. The first-order valence-corrected chi connectivity index (χ1v) is 5.81. The molecular formula is C13H12F3N3O. The summed E-state index contributed by atoms with van der Waals surface area (Å²) in [6.07, 6.45) is 0.430. The van der Waals surface area contributed by atoms with Crippen LogP contribution in [-0.4, -0.2) is 22.8 Å². The molecule has 0 aliphatic rings. The summed E-state index contributed by atoms with van der Waals surface area (Å²) in [7, 11) is 0. The van der Waals surface area contributed by atoms with Crippen LogP contribution in [0.25, 0.3) is 0 Å². The number of nitrogens with zero attached hydrogens (tertiary/aromatic N) is 2. The van der Waals surface area contributed by atoms with Crippen molar-refractivity contribution >= 4 is 5.69 Å². The molecule has 106 valence electrons. The van der Waals surface area contributed by atoms with Gasteiger partial charge in [-0.1, -0.05) is 0 Å². The Kier molecular flexibility index (Phi) is 4.39. The van der Waals surface area contributed by atoms with Crippen molar-refractivity contribution in [2.45, 2.75) is 12.7 Å². The summed E-state index contributed by atoms with van der Waals surface area (Å²) in [6.45, 7) is -0.767. The third kappa shape index (κ3) is 4.75. The molecule has 0 unspecified atom stereocenters. The van der Waals surface area contributed by atoms with Crippen molar-refractivity contribution in [2.24, 2.45) is 0 Å². The van der Waals surface area contributed by atoms with Crippen molar-refractivity contribution < 1.29 is 17.9 Å². The van der Waals surface area contributed by atoms with E-state index in [1.807, 2.05) is 12.1 Å². The molecule has 0 saturated heterocycles. The predicted octanol–water partition coefficient (Wildman–Crippen LogP) is 3.03. The van der Waals surface area contributed by atoms with Crippen LogP contribution in [0.5, 0.6) is 5.88 Å². The van der Waals surface area contributed by atoms with E-state index in [1.54, 1.807) is 18.5 Å². The maximum Gasteiger partial charge on any atom is 0.422 e. The second-order valence-electron chi connectivity index (χ2n) is 4.00. The van der Waals surface area contributed by atoms with Crippen molar-refractivity contribution in [1.82, 2.24) is 9.97 Å². The quantitative estimate of drug-likeness (QED) is 0.916. The number of anilines is 1. The van der Waals surface area contributed by atoms with Gasteiger partial charge < -0.3 is 10.1 Å². The van der Waals surface area contributed by atoms with Crippen LogP contribution >= 0.6 is 0 Å². The molecule has 2 aromatic rings. The zero-order valence-corrected chi connectivity index (χ0v) is 10.4. The highest BCUT2D eigenvalue weighted by Crippen LogP contribution is 2.18. The third-order valence-corrected chi connectivity index (χ3v) is 2.37. The minimum Gasteiger partial charge on any atom is -0.468 e. The van der Waals surface area contributed by atoms with Crippen molar-refractivity contribution in [1.29, 1.82) is 0 Å². The molecule has 4 nitrogen and oxygen atoms in total. The zero-order chi connectivity index (χ0) is 14.4. The predicted molar refractivity (Wildman–Crippen MR) is 67.4 cm³/mol. The van der Waals surface area contributed by atoms with E-state index in [9.17, 15) is 13.2 Å². The molecule has 2 aromatic heterocycles. The average Bonchev–Trinajstić information content (AvgIpc) is 2.44. The van der Waals surface area contributed by atoms with Gasteiger partial charge in [0.15, 0.2) is 6.61 Å². The van der Waals surface area contributed by atoms with Gasteiger partial charge in [-0.3, -0.25) is 4.98 Å². The summed E-state index contributed by atoms with van der Waals surface area (Å²) < 4.78 is 40.4. The van der Waals surface area contributed by atoms with Gasteiger partial charge >= 0.3 is 6.18 Å². The summed E-state index contributed by atoms with van der Waals surface area (Å²) >= 11 is 0. The third-order valence-electron chi connectivity index (χ3n) is 2.37. The number of rotatable bonds is 5. The molecule has 0 aliphatic heterocycles. The Labute approximate surface area is 113 Å². The molecule has 2 heterocycles. The number of pyridine rings is 2. The molecule has 0 aliphatic carbocycles. The molecular weight excluding hydrogens is 271 g/mol. The normalized spacial score (nSPS) is 11.2. The molecule has 0 saturated carbocycles. The minimum absolute atomic E-state index is 0.0585. The van der Waals surface area contributed by atoms with E-state index in [0.29, 0.717) is 12.2 Å². The van der Waals surface area contributed by atoms with E-state index in [4.69, 9.17) is 0 Å². The van der Waals surface area contributed by atoms with Crippen LogP contribution in [0.3, 0.4) is 0 Å². The van der Waals surface area contributed by atoms with E-state index in [0.717, 1.165) is 5.56 Å². The van der Waals surface area contributed by atoms with Gasteiger partial charge in [0.05, 0.1) is 11.9 Å². The highest BCUT2D eigenvalue weighted by molar-refractivity contribution is 5.42. The highest BCUT2D eigenvalue weighted by atomic mass is 19.4. The second-order valence-corrected chi connectivity index (χ2v) is 4.00. The zero-order valence-electron chi connectivity index (χ0n) is 10.4. The fourth-order valence-corrected chi connectivity index (χ4v) is 1.43. The van der Waals surface area contributed by atoms with Gasteiger partial charge in [-0.2, -0.15) is 13.2 Å². The largest absolute Gasteiger partial charge is 0.468 e. The topological polar surface area (TPSA) is 47.0 Å². The lowest BCUT2D eigenvalue weighted by molar-refractivity contribution is -0.154. The molecule has 2 rings (SSSR count). The van der Waals surface area contributed by atoms with Crippen molar-refractivity contribution in [2.75, 3.05) is 11.9 Å². The van der Waals surface area contributed by atoms with Crippen LogP contribution in [0.2, 0.25) is 0 Å². The van der Waals surface area contributed by atoms with Gasteiger partial charge in [-0.15, -0.1) is 0 Å². The Balaban J connectivity index is 1.85. The summed E-state index contributed by atoms with van der Waals surface area (Å²) in [4.78, 5) is 7.70. The van der Waals surface area contributed by atoms with E-state index >= 15 is 0 Å². The Hall–Kier alpha value is -2.31. The fraction of sp³-hybridized carbons (Fsp3) is 0.231. The Morgan fingerprint density at radius 3 is 2.45 bits per heavy atom. The van der Waals surface area contributed by atoms with Gasteiger partial charge in [0, 0.05) is 25.0 Å². The molecule has 0 radical (unpaired) electrons. The second kappa shape index (κ2) is 6.23. The molecule has 1 N–H and O–H groups in total. The van der Waals surface area contributed by atoms with Crippen molar-refractivity contribution in [3.8, 4) is 5.88 Å². The molecule has 0 amide bonds. The van der Waals surface area contributed by atoms with Crippen LogP contribution < -0.4 is 10.1 Å². The van der Waals surface area contributed by atoms with E-state index in [2.05, 4.69) is 20.0 Å². The van der Waals surface area contributed by atoms with Crippen LogP contribution in [0, 0.1) is 0 Å². The number of ether oxygens (including phenoxy) is 1. The maximum atomic E-state index is 12.0. The minimum atomic E-state index is -4.36. The van der Waals surface area contributed by atoms with Crippen LogP contribution in [0.1, 0.15) is 5.56 Å². The van der Waals surface area contributed by atoms with Gasteiger partial charge in [0.1, 0.15) is 0 Å². The maximum absolute atomic E-state index is 12.0. The molecule has 7 heteroatoms. The van der Waals surface area contributed by atoms with Gasteiger partial charge in [0.2, 0.25) is 5.88 Å². The average molecular weight is 283 g/mol. The molecule has 0 fully saturated rings. The Morgan fingerprint density at radius 2 is 1.85 bits per heavy atom. The van der Waals surface area contributed by atoms with E-state index in [-0.39, 0.29) is 5.88 Å². The highest BCUT2D eigenvalue weighted by Gasteiger charge is 2.28. The Bertz CT molecular complexity index is 529. The number of hydrogen-bond donors (Lipinski definition) is 1. The smallest absolute Gasteiger partial charge is 0.422 e. The van der Waals surface area contributed by atoms with Gasteiger partial charge in [-0.05, 0) is 23.8 Å². The van der Waals surface area contributed by atoms with E-state index in [1.165, 1.54) is 12.3 Å². The first-order chi connectivity index (χ1) is 9.53. The lowest BCUT2D eigenvalue weighted by atomic mass is 10.2. The molecule has 20 heavy (non-hydrogen) atoms. The number of hydrogen-bond acceptors (Lipinski definition) is 4. The lowest BCUT2D eigenvalue weighted by Gasteiger charge is -2.09. The van der Waals surface area contributed by atoms with E-state index < -0.39 is 12.8 Å². The number of halogens is 3. The first-order valence-electron chi connectivity index (χ1n) is 5.81. The molecule has 0 bridgehead atoms. The summed E-state index contributed by atoms with van der Waals surface area (Å²) in [6, 6.07) is 6.73. The molecule has 0 spiro atoms. The first kappa shape index (κ1) is 14.1. The Morgan fingerprint density at radius 1 is 1.10 bits per heavy atom. The number of nitrogens with one attached hydrogen (secondary N) is 1. The SMILES string of the molecule is FC(F)(F)COc1ccc(NCc2ccncc2)cn1. The van der Waals surface area contributed by atoms with Crippen molar-refractivity contribution in [3.05, 3.63) is 48.4 Å². The number of aromatic nitrogens is 2. The van der Waals surface area contributed by atoms with Crippen LogP contribution in [-0.2, 0) is 6.54 Å². The van der Waals surface area contributed by atoms with Crippen LogP contribution in [0.4, 0.5) is 18.9 Å². The molecule has 0 atom stereocenters.